The number of phenols is 1. The van der Waals surface area contributed by atoms with E-state index in [0.29, 0.717) is 5.56 Å². The van der Waals surface area contributed by atoms with Crippen LogP contribution in [0, 0.1) is 0 Å². The number of benzene rings is 3. The molecule has 4 rings (SSSR count). The summed E-state index contributed by atoms with van der Waals surface area (Å²) < 4.78 is 5.25. The lowest BCUT2D eigenvalue weighted by Gasteiger charge is -2.08. The van der Waals surface area contributed by atoms with Gasteiger partial charge >= 0.3 is 5.63 Å². The maximum absolute atomic E-state index is 12.3. The Morgan fingerprint density at radius 1 is 0.680 bits per heavy atom. The highest BCUT2D eigenvalue weighted by Crippen LogP contribution is 2.38. The van der Waals surface area contributed by atoms with Crippen LogP contribution in [0.3, 0.4) is 0 Å². The van der Waals surface area contributed by atoms with Gasteiger partial charge in [-0.15, -0.1) is 0 Å². The van der Waals surface area contributed by atoms with Crippen LogP contribution in [0.4, 0.5) is 0 Å². The van der Waals surface area contributed by atoms with Crippen LogP contribution in [-0.4, -0.2) is 10.2 Å². The maximum atomic E-state index is 12.3. The van der Waals surface area contributed by atoms with Crippen LogP contribution in [0.1, 0.15) is 0 Å². The number of hydrogen-bond donors (Lipinski definition) is 2. The summed E-state index contributed by atoms with van der Waals surface area (Å²) in [6.07, 6.45) is 0. The second-order valence-corrected chi connectivity index (χ2v) is 5.71. The van der Waals surface area contributed by atoms with Crippen LogP contribution in [0.15, 0.2) is 82.0 Å². The minimum absolute atomic E-state index is 0.0358. The lowest BCUT2D eigenvalue weighted by Crippen LogP contribution is -2.03. The van der Waals surface area contributed by atoms with Gasteiger partial charge in [0.15, 0.2) is 0 Å². The molecule has 0 bridgehead atoms. The molecule has 0 aliphatic carbocycles. The normalized spacial score (nSPS) is 10.9. The summed E-state index contributed by atoms with van der Waals surface area (Å²) in [5.74, 6) is -0.419. The van der Waals surface area contributed by atoms with Gasteiger partial charge in [-0.2, -0.15) is 0 Å². The molecule has 0 amide bonds. The average Bonchev–Trinajstić information content (AvgIpc) is 2.63. The van der Waals surface area contributed by atoms with Gasteiger partial charge in [-0.1, -0.05) is 60.7 Å². The van der Waals surface area contributed by atoms with Crippen molar-refractivity contribution in [3.8, 4) is 33.8 Å². The first-order chi connectivity index (χ1) is 12.1. The zero-order chi connectivity index (χ0) is 17.4. The zero-order valence-electron chi connectivity index (χ0n) is 13.1. The van der Waals surface area contributed by atoms with Gasteiger partial charge in [0, 0.05) is 0 Å². The van der Waals surface area contributed by atoms with Gasteiger partial charge in [0.25, 0.3) is 0 Å². The fourth-order valence-corrected chi connectivity index (χ4v) is 2.93. The van der Waals surface area contributed by atoms with Crippen molar-refractivity contribution >= 4 is 11.0 Å². The van der Waals surface area contributed by atoms with E-state index in [1.807, 2.05) is 42.5 Å². The van der Waals surface area contributed by atoms with Crippen molar-refractivity contribution in [3.63, 3.8) is 0 Å². The lowest BCUT2D eigenvalue weighted by molar-refractivity contribution is 0.455. The molecule has 0 spiro atoms. The molecule has 0 atom stereocenters. The predicted octanol–water partition coefficient (Wildman–Crippen LogP) is 4.54. The van der Waals surface area contributed by atoms with E-state index < -0.39 is 5.63 Å². The van der Waals surface area contributed by atoms with Crippen molar-refractivity contribution in [2.45, 2.75) is 0 Å². The third-order valence-electron chi connectivity index (χ3n) is 4.17. The monoisotopic (exact) mass is 330 g/mol. The third kappa shape index (κ3) is 2.54. The molecule has 0 saturated carbocycles. The van der Waals surface area contributed by atoms with E-state index >= 15 is 0 Å². The van der Waals surface area contributed by atoms with E-state index in [4.69, 9.17) is 4.42 Å². The number of phenolic OH excluding ortho intramolecular Hbond substituents is 1. The summed E-state index contributed by atoms with van der Waals surface area (Å²) in [7, 11) is 0. The van der Waals surface area contributed by atoms with E-state index in [0.717, 1.165) is 11.1 Å². The van der Waals surface area contributed by atoms with Crippen LogP contribution in [0.5, 0.6) is 11.5 Å². The highest BCUT2D eigenvalue weighted by atomic mass is 16.4. The fourth-order valence-electron chi connectivity index (χ4n) is 2.93. The number of hydrogen-bond acceptors (Lipinski definition) is 4. The van der Waals surface area contributed by atoms with Gasteiger partial charge < -0.3 is 14.6 Å². The molecule has 4 nitrogen and oxygen atoms in total. The lowest BCUT2D eigenvalue weighted by atomic mass is 10.00. The number of rotatable bonds is 2. The van der Waals surface area contributed by atoms with Gasteiger partial charge in [0.1, 0.15) is 28.0 Å². The smallest absolute Gasteiger partial charge is 0.347 e. The van der Waals surface area contributed by atoms with Crippen LogP contribution in [-0.2, 0) is 0 Å². The Kier molecular flexibility index (Phi) is 3.51. The van der Waals surface area contributed by atoms with E-state index in [-0.39, 0.29) is 28.0 Å². The van der Waals surface area contributed by atoms with E-state index in [1.54, 1.807) is 18.2 Å². The van der Waals surface area contributed by atoms with Gasteiger partial charge in [0.2, 0.25) is 0 Å². The summed E-state index contributed by atoms with van der Waals surface area (Å²) >= 11 is 0. The molecule has 122 valence electrons. The van der Waals surface area contributed by atoms with Crippen LogP contribution >= 0.6 is 0 Å². The largest absolute Gasteiger partial charge is 0.507 e. The quantitative estimate of drug-likeness (QED) is 0.529. The Labute approximate surface area is 143 Å². The van der Waals surface area contributed by atoms with Crippen molar-refractivity contribution in [3.05, 3.63) is 83.2 Å². The number of fused-ring (bicyclic) bond motifs is 1. The summed E-state index contributed by atoms with van der Waals surface area (Å²) in [6.45, 7) is 0. The molecule has 2 N–H and O–H groups in total. The highest BCUT2D eigenvalue weighted by Gasteiger charge is 2.18. The minimum atomic E-state index is -0.650. The summed E-state index contributed by atoms with van der Waals surface area (Å²) in [4.78, 5) is 12.3. The SMILES string of the molecule is O=c1oc2cccc(O)c2c(O)c1-c1ccc(-c2ccccc2)cc1. The zero-order valence-corrected chi connectivity index (χ0v) is 13.1. The number of aromatic hydroxyl groups is 2. The van der Waals surface area contributed by atoms with E-state index in [9.17, 15) is 15.0 Å². The topological polar surface area (TPSA) is 70.7 Å². The molecule has 1 heterocycles. The molecule has 0 fully saturated rings. The summed E-state index contributed by atoms with van der Waals surface area (Å²) in [5, 5.41) is 20.6. The van der Waals surface area contributed by atoms with Gasteiger partial charge in [-0.05, 0) is 28.8 Å². The highest BCUT2D eigenvalue weighted by molar-refractivity contribution is 5.94. The molecule has 0 saturated heterocycles. The van der Waals surface area contributed by atoms with Crippen LogP contribution < -0.4 is 5.63 Å². The molecular formula is C21H14O4. The van der Waals surface area contributed by atoms with Crippen LogP contribution in [0.2, 0.25) is 0 Å². The molecule has 3 aromatic carbocycles. The Balaban J connectivity index is 1.88. The second-order valence-electron chi connectivity index (χ2n) is 5.71. The van der Waals surface area contributed by atoms with Crippen molar-refractivity contribution in [2.75, 3.05) is 0 Å². The van der Waals surface area contributed by atoms with Crippen molar-refractivity contribution in [2.24, 2.45) is 0 Å². The molecule has 0 aliphatic heterocycles. The minimum Gasteiger partial charge on any atom is -0.507 e. The third-order valence-corrected chi connectivity index (χ3v) is 4.17. The van der Waals surface area contributed by atoms with Gasteiger partial charge in [-0.25, -0.2) is 4.79 Å². The van der Waals surface area contributed by atoms with Crippen molar-refractivity contribution in [1.82, 2.24) is 0 Å². The standard InChI is InChI=1S/C21H14O4/c22-16-7-4-8-17-19(16)20(23)18(21(24)25-17)15-11-9-14(10-12-15)13-5-2-1-3-6-13/h1-12,22-23H. The molecular weight excluding hydrogens is 316 g/mol. The van der Waals surface area contributed by atoms with E-state index in [2.05, 4.69) is 0 Å². The summed E-state index contributed by atoms with van der Waals surface area (Å²) in [6, 6.07) is 21.6. The molecule has 4 heteroatoms. The average molecular weight is 330 g/mol. The fraction of sp³-hybridized carbons (Fsp3) is 0. The Morgan fingerprint density at radius 3 is 2.04 bits per heavy atom. The molecule has 0 unspecified atom stereocenters. The Hall–Kier alpha value is -3.53. The predicted molar refractivity (Wildman–Crippen MR) is 96.7 cm³/mol. The first kappa shape index (κ1) is 15.0. The van der Waals surface area contributed by atoms with Crippen molar-refractivity contribution in [1.29, 1.82) is 0 Å². The van der Waals surface area contributed by atoms with Crippen LogP contribution in [0.25, 0.3) is 33.2 Å². The second kappa shape index (κ2) is 5.83. The summed E-state index contributed by atoms with van der Waals surface area (Å²) in [5.41, 5.74) is 2.11. The molecule has 25 heavy (non-hydrogen) atoms. The Bertz CT molecular complexity index is 1110. The first-order valence-corrected chi connectivity index (χ1v) is 7.79. The molecule has 0 aliphatic rings. The molecule has 1 aromatic heterocycles. The Morgan fingerprint density at radius 2 is 1.32 bits per heavy atom. The molecule has 4 aromatic rings. The molecule has 0 radical (unpaired) electrons. The van der Waals surface area contributed by atoms with Gasteiger partial charge in [0.05, 0.1) is 0 Å². The first-order valence-electron chi connectivity index (χ1n) is 7.79. The van der Waals surface area contributed by atoms with Crippen molar-refractivity contribution < 1.29 is 14.6 Å². The van der Waals surface area contributed by atoms with E-state index in [1.165, 1.54) is 12.1 Å². The van der Waals surface area contributed by atoms with Gasteiger partial charge in [-0.3, -0.25) is 0 Å². The maximum Gasteiger partial charge on any atom is 0.347 e.